The van der Waals surface area contributed by atoms with E-state index in [4.69, 9.17) is 0 Å². The first-order valence-corrected chi connectivity index (χ1v) is 4.31. The Morgan fingerprint density at radius 3 is 1.83 bits per heavy atom. The van der Waals surface area contributed by atoms with Gasteiger partial charge < -0.3 is 4.74 Å². The minimum atomic E-state index is -6.21. The summed E-state index contributed by atoms with van der Waals surface area (Å²) in [4.78, 5) is 1.90. The summed E-state index contributed by atoms with van der Waals surface area (Å²) in [6.45, 7) is 0.692. The van der Waals surface area contributed by atoms with Crippen molar-refractivity contribution in [2.75, 3.05) is 13.2 Å². The Morgan fingerprint density at radius 2 is 1.56 bits per heavy atom. The van der Waals surface area contributed by atoms with Gasteiger partial charge in [-0.2, -0.15) is 30.7 Å². The zero-order valence-electron chi connectivity index (χ0n) is 8.62. The second-order valence-corrected chi connectivity index (χ2v) is 3.14. The molecule has 0 rings (SSSR count). The number of hydrogen-bond acceptors (Lipinski definition) is 2. The van der Waals surface area contributed by atoms with Gasteiger partial charge in [0.2, 0.25) is 0 Å². The van der Waals surface area contributed by atoms with Crippen LogP contribution in [0.4, 0.5) is 35.3 Å². The minimum Gasteiger partial charge on any atom is -0.377 e. The highest BCUT2D eigenvalue weighted by Crippen LogP contribution is 2.47. The van der Waals surface area contributed by atoms with Gasteiger partial charge in [-0.3, -0.25) is 0 Å². The SMILES string of the molecule is C=CCOCC(C(F)(F)F)C(F)(OF)C(F)(F)F. The van der Waals surface area contributed by atoms with Crippen LogP contribution in [0.1, 0.15) is 0 Å². The van der Waals surface area contributed by atoms with Gasteiger partial charge in [-0.25, -0.2) is 0 Å². The third-order valence-corrected chi connectivity index (χ3v) is 1.86. The highest BCUT2D eigenvalue weighted by Gasteiger charge is 2.71. The van der Waals surface area contributed by atoms with Gasteiger partial charge in [-0.1, -0.05) is 6.08 Å². The van der Waals surface area contributed by atoms with Gasteiger partial charge >= 0.3 is 18.2 Å². The van der Waals surface area contributed by atoms with Crippen LogP contribution in [0.15, 0.2) is 12.7 Å². The van der Waals surface area contributed by atoms with Crippen LogP contribution in [0.5, 0.6) is 0 Å². The van der Waals surface area contributed by atoms with Crippen molar-refractivity contribution in [2.24, 2.45) is 5.92 Å². The van der Waals surface area contributed by atoms with Gasteiger partial charge in [0.1, 0.15) is 5.92 Å². The van der Waals surface area contributed by atoms with Crippen molar-refractivity contribution in [3.05, 3.63) is 12.7 Å². The molecule has 0 aliphatic heterocycles. The van der Waals surface area contributed by atoms with Crippen molar-refractivity contribution in [3.8, 4) is 0 Å². The predicted octanol–water partition coefficient (Wildman–Crippen LogP) is 3.50. The molecule has 2 atom stereocenters. The predicted molar refractivity (Wildman–Crippen MR) is 42.6 cm³/mol. The molecule has 0 radical (unpaired) electrons. The fourth-order valence-corrected chi connectivity index (χ4v) is 0.976. The van der Waals surface area contributed by atoms with E-state index in [0.29, 0.717) is 0 Å². The van der Waals surface area contributed by atoms with Crippen LogP contribution in [0.25, 0.3) is 0 Å². The third kappa shape index (κ3) is 3.80. The minimum absolute atomic E-state index is 0.563. The van der Waals surface area contributed by atoms with Crippen molar-refractivity contribution in [3.63, 3.8) is 0 Å². The summed E-state index contributed by atoms with van der Waals surface area (Å²) in [5.74, 6) is -9.37. The zero-order valence-corrected chi connectivity index (χ0v) is 8.62. The summed E-state index contributed by atoms with van der Waals surface area (Å²) >= 11 is 0. The molecule has 0 fully saturated rings. The van der Waals surface area contributed by atoms with Crippen molar-refractivity contribution in [2.45, 2.75) is 18.2 Å². The van der Waals surface area contributed by atoms with E-state index in [9.17, 15) is 35.3 Å². The van der Waals surface area contributed by atoms with Crippen LogP contribution >= 0.6 is 0 Å². The molecule has 0 aliphatic carbocycles. The second-order valence-electron chi connectivity index (χ2n) is 3.14. The van der Waals surface area contributed by atoms with Crippen LogP contribution < -0.4 is 0 Å². The van der Waals surface area contributed by atoms with E-state index in [1.54, 1.807) is 0 Å². The van der Waals surface area contributed by atoms with E-state index in [1.807, 2.05) is 4.94 Å². The lowest BCUT2D eigenvalue weighted by molar-refractivity contribution is -0.445. The molecular formula is C8H8F8O2. The molecule has 2 unspecified atom stereocenters. The Hall–Kier alpha value is -0.900. The van der Waals surface area contributed by atoms with E-state index in [-0.39, 0.29) is 0 Å². The standard InChI is InChI=1S/C8H8F8O2/c1-2-3-17-4-5(7(10,11)12)6(9,18-16)8(13,14)15/h2,5H,1,3-4H2. The van der Waals surface area contributed by atoms with Crippen LogP contribution in [-0.2, 0) is 9.68 Å². The molecule has 0 aromatic rings. The molecule has 0 amide bonds. The molecule has 0 saturated carbocycles. The summed E-state index contributed by atoms with van der Waals surface area (Å²) in [7, 11) is 0. The molecule has 0 aromatic heterocycles. The molecule has 18 heavy (non-hydrogen) atoms. The van der Waals surface area contributed by atoms with Gasteiger partial charge in [-0.05, 0) is 4.53 Å². The van der Waals surface area contributed by atoms with Gasteiger partial charge in [0.05, 0.1) is 13.2 Å². The molecule has 0 saturated heterocycles. The molecule has 0 bridgehead atoms. The molecule has 2 nitrogen and oxygen atoms in total. The highest BCUT2D eigenvalue weighted by molar-refractivity contribution is 4.89. The Labute approximate surface area is 96.1 Å². The first-order valence-electron chi connectivity index (χ1n) is 4.31. The van der Waals surface area contributed by atoms with Crippen molar-refractivity contribution in [1.82, 2.24) is 0 Å². The smallest absolute Gasteiger partial charge is 0.377 e. The zero-order chi connectivity index (χ0) is 14.6. The normalized spacial score (nSPS) is 18.2. The number of alkyl halides is 7. The maximum absolute atomic E-state index is 13.1. The van der Waals surface area contributed by atoms with Crippen LogP contribution in [0.3, 0.4) is 0 Å². The topological polar surface area (TPSA) is 18.5 Å². The number of hydrogen-bond donors (Lipinski definition) is 0. The highest BCUT2D eigenvalue weighted by atomic mass is 19.4. The Balaban J connectivity index is 5.21. The monoisotopic (exact) mass is 288 g/mol. The quantitative estimate of drug-likeness (QED) is 0.423. The van der Waals surface area contributed by atoms with E-state index in [2.05, 4.69) is 11.3 Å². The Morgan fingerprint density at radius 1 is 1.06 bits per heavy atom. The van der Waals surface area contributed by atoms with Crippen molar-refractivity contribution >= 4 is 0 Å². The van der Waals surface area contributed by atoms with Crippen LogP contribution in [-0.4, -0.2) is 31.4 Å². The first kappa shape index (κ1) is 17.1. The van der Waals surface area contributed by atoms with Gasteiger partial charge in [0.15, 0.2) is 0 Å². The van der Waals surface area contributed by atoms with Crippen LogP contribution in [0, 0.1) is 5.92 Å². The van der Waals surface area contributed by atoms with E-state index in [1.165, 1.54) is 0 Å². The first-order chi connectivity index (χ1) is 8.00. The number of halogens is 8. The van der Waals surface area contributed by atoms with E-state index < -0.39 is 37.3 Å². The van der Waals surface area contributed by atoms with Gasteiger partial charge in [-0.15, -0.1) is 11.5 Å². The molecule has 10 heteroatoms. The fourth-order valence-electron chi connectivity index (χ4n) is 0.976. The fraction of sp³-hybridized carbons (Fsp3) is 0.750. The molecular weight excluding hydrogens is 280 g/mol. The van der Waals surface area contributed by atoms with Crippen molar-refractivity contribution < 1.29 is 44.9 Å². The average molecular weight is 288 g/mol. The molecule has 0 aromatic carbocycles. The maximum atomic E-state index is 13.1. The third-order valence-electron chi connectivity index (χ3n) is 1.86. The lowest BCUT2D eigenvalue weighted by atomic mass is 10.00. The summed E-state index contributed by atoms with van der Waals surface area (Å²) in [6.07, 6.45) is -11.0. The lowest BCUT2D eigenvalue weighted by Crippen LogP contribution is -2.55. The van der Waals surface area contributed by atoms with Crippen molar-refractivity contribution in [1.29, 1.82) is 0 Å². The second kappa shape index (κ2) is 5.83. The summed E-state index contributed by atoms with van der Waals surface area (Å²) in [6, 6.07) is 0. The molecule has 0 N–H and O–H groups in total. The average Bonchev–Trinajstić information content (AvgIpc) is 2.20. The summed E-state index contributed by atoms with van der Waals surface area (Å²) in [5, 5.41) is 0. The number of rotatable bonds is 6. The molecule has 0 aliphatic rings. The summed E-state index contributed by atoms with van der Waals surface area (Å²) in [5.41, 5.74) is 0. The molecule has 0 heterocycles. The lowest BCUT2D eigenvalue weighted by Gasteiger charge is -2.32. The van der Waals surface area contributed by atoms with Gasteiger partial charge in [0.25, 0.3) is 0 Å². The van der Waals surface area contributed by atoms with E-state index >= 15 is 0 Å². The number of ether oxygens (including phenoxy) is 1. The van der Waals surface area contributed by atoms with E-state index in [0.717, 1.165) is 6.08 Å². The maximum Gasteiger partial charge on any atom is 0.452 e. The Bertz CT molecular complexity index is 273. The largest absolute Gasteiger partial charge is 0.452 e. The summed E-state index contributed by atoms with van der Waals surface area (Å²) < 4.78 is 102. The van der Waals surface area contributed by atoms with Crippen LogP contribution in [0.2, 0.25) is 0 Å². The molecule has 108 valence electrons. The molecule has 0 spiro atoms. The van der Waals surface area contributed by atoms with Gasteiger partial charge in [0, 0.05) is 0 Å². The Kier molecular flexibility index (Phi) is 5.54.